The number of carbonyl (C=O) groups is 2. The van der Waals surface area contributed by atoms with E-state index in [0.717, 1.165) is 0 Å². The van der Waals surface area contributed by atoms with Gasteiger partial charge in [-0.1, -0.05) is 48.8 Å². The topological polar surface area (TPSA) is 103 Å². The van der Waals surface area contributed by atoms with E-state index in [1.54, 1.807) is 25.1 Å². The number of nitrogens with one attached hydrogen (secondary N) is 1. The molecule has 1 aromatic carbocycles. The van der Waals surface area contributed by atoms with Crippen molar-refractivity contribution >= 4 is 52.5 Å². The number of amides is 2. The second-order valence-electron chi connectivity index (χ2n) is 6.74. The number of hydrogen-bond acceptors (Lipinski definition) is 5. The fourth-order valence-corrected chi connectivity index (χ4v) is 3.63. The molecule has 2 amide bonds. The van der Waals surface area contributed by atoms with Crippen LogP contribution in [0.3, 0.4) is 0 Å². The van der Waals surface area contributed by atoms with E-state index < -0.39 is 5.25 Å². The van der Waals surface area contributed by atoms with Crippen LogP contribution < -0.4 is 11.1 Å². The number of primary amides is 1. The maximum atomic E-state index is 12.6. The first-order valence-corrected chi connectivity index (χ1v) is 10.4. The lowest BCUT2D eigenvalue weighted by atomic mass is 10.2. The smallest absolute Gasteiger partial charge is 0.237 e. The van der Waals surface area contributed by atoms with Crippen LogP contribution >= 0.6 is 35.0 Å². The summed E-state index contributed by atoms with van der Waals surface area (Å²) >= 11 is 13.4. The maximum Gasteiger partial charge on any atom is 0.237 e. The van der Waals surface area contributed by atoms with E-state index in [1.165, 1.54) is 11.8 Å². The van der Waals surface area contributed by atoms with Crippen molar-refractivity contribution < 1.29 is 9.59 Å². The minimum Gasteiger partial charge on any atom is -0.370 e. The van der Waals surface area contributed by atoms with Gasteiger partial charge in [-0.2, -0.15) is 0 Å². The van der Waals surface area contributed by atoms with E-state index in [9.17, 15) is 9.59 Å². The van der Waals surface area contributed by atoms with E-state index in [0.29, 0.717) is 45.6 Å². The maximum absolute atomic E-state index is 12.6. The summed E-state index contributed by atoms with van der Waals surface area (Å²) < 4.78 is 1.94. The Morgan fingerprint density at radius 2 is 1.96 bits per heavy atom. The van der Waals surface area contributed by atoms with Crippen LogP contribution in [-0.4, -0.2) is 31.8 Å². The lowest BCUT2D eigenvalue weighted by molar-refractivity contribution is -0.118. The van der Waals surface area contributed by atoms with Gasteiger partial charge in [0.05, 0.1) is 16.0 Å². The fourth-order valence-electron chi connectivity index (χ4n) is 2.41. The van der Waals surface area contributed by atoms with Crippen molar-refractivity contribution in [3.8, 4) is 0 Å². The van der Waals surface area contributed by atoms with E-state index in [2.05, 4.69) is 29.4 Å². The van der Waals surface area contributed by atoms with Gasteiger partial charge in [-0.3, -0.25) is 9.59 Å². The van der Waals surface area contributed by atoms with Gasteiger partial charge in [0.25, 0.3) is 0 Å². The lowest BCUT2D eigenvalue weighted by Gasteiger charge is -2.15. The van der Waals surface area contributed by atoms with Crippen molar-refractivity contribution in [2.24, 2.45) is 11.7 Å². The van der Waals surface area contributed by atoms with Crippen LogP contribution in [-0.2, 0) is 22.6 Å². The SMILES string of the molecule is CC(C)Cn1c(CCC(N)=O)nnc1S[C@H](C)C(=O)Nc1cc(Cl)ccc1Cl. The summed E-state index contributed by atoms with van der Waals surface area (Å²) in [4.78, 5) is 23.7. The highest BCUT2D eigenvalue weighted by molar-refractivity contribution is 8.00. The molecule has 1 aromatic heterocycles. The molecule has 0 unspecified atom stereocenters. The quantitative estimate of drug-likeness (QED) is 0.573. The number of nitrogens with two attached hydrogens (primary N) is 1. The predicted octanol–water partition coefficient (Wildman–Crippen LogP) is 3.78. The molecule has 0 saturated carbocycles. The molecule has 28 heavy (non-hydrogen) atoms. The van der Waals surface area contributed by atoms with E-state index in [-0.39, 0.29) is 18.2 Å². The van der Waals surface area contributed by atoms with Crippen LogP contribution in [0.2, 0.25) is 10.0 Å². The van der Waals surface area contributed by atoms with Gasteiger partial charge in [0.1, 0.15) is 5.82 Å². The summed E-state index contributed by atoms with van der Waals surface area (Å²) in [5, 5.41) is 12.2. The van der Waals surface area contributed by atoms with Crippen LogP contribution in [0.5, 0.6) is 0 Å². The number of thioether (sulfide) groups is 1. The molecule has 2 aromatic rings. The van der Waals surface area contributed by atoms with Gasteiger partial charge in [0, 0.05) is 24.4 Å². The zero-order chi connectivity index (χ0) is 20.8. The van der Waals surface area contributed by atoms with Crippen LogP contribution in [0.4, 0.5) is 5.69 Å². The molecule has 0 aliphatic heterocycles. The number of nitrogens with zero attached hydrogens (tertiary/aromatic N) is 3. The molecule has 0 saturated heterocycles. The summed E-state index contributed by atoms with van der Waals surface area (Å²) in [7, 11) is 0. The predicted molar refractivity (Wildman–Crippen MR) is 113 cm³/mol. The van der Waals surface area contributed by atoms with Gasteiger partial charge in [-0.15, -0.1) is 10.2 Å². The highest BCUT2D eigenvalue weighted by atomic mass is 35.5. The highest BCUT2D eigenvalue weighted by Gasteiger charge is 2.21. The van der Waals surface area contributed by atoms with Crippen molar-refractivity contribution in [3.05, 3.63) is 34.1 Å². The zero-order valence-electron chi connectivity index (χ0n) is 15.9. The third kappa shape index (κ3) is 6.39. The number of aryl methyl sites for hydroxylation is 1. The summed E-state index contributed by atoms with van der Waals surface area (Å²) in [6.07, 6.45) is 0.610. The van der Waals surface area contributed by atoms with Crippen LogP contribution in [0.1, 0.15) is 33.0 Å². The number of hydrogen-bond donors (Lipinski definition) is 2. The van der Waals surface area contributed by atoms with Gasteiger partial charge in [-0.05, 0) is 31.0 Å². The summed E-state index contributed by atoms with van der Waals surface area (Å²) in [5.74, 6) is 0.406. The minimum atomic E-state index is -0.450. The van der Waals surface area contributed by atoms with Gasteiger partial charge in [-0.25, -0.2) is 0 Å². The third-order valence-corrected chi connectivity index (χ3v) is 5.42. The van der Waals surface area contributed by atoms with E-state index >= 15 is 0 Å². The molecule has 0 bridgehead atoms. The number of anilines is 1. The summed E-state index contributed by atoms with van der Waals surface area (Å²) in [6.45, 7) is 6.60. The third-order valence-electron chi connectivity index (χ3n) is 3.77. The number of aromatic nitrogens is 3. The van der Waals surface area contributed by atoms with Crippen LogP contribution in [0.25, 0.3) is 0 Å². The van der Waals surface area contributed by atoms with Crippen molar-refractivity contribution in [1.82, 2.24) is 14.8 Å². The fraction of sp³-hybridized carbons (Fsp3) is 0.444. The number of carbonyl (C=O) groups excluding carboxylic acids is 2. The van der Waals surface area contributed by atoms with Gasteiger partial charge in [0.15, 0.2) is 5.16 Å². The molecule has 1 heterocycles. The molecule has 2 rings (SSSR count). The molecular weight excluding hydrogens is 421 g/mol. The molecule has 0 aliphatic rings. The molecule has 7 nitrogen and oxygen atoms in total. The normalized spacial score (nSPS) is 12.2. The molecule has 1 atom stereocenters. The Kier molecular flexibility index (Phi) is 8.15. The molecule has 0 aliphatic carbocycles. The molecular formula is C18H23Cl2N5O2S. The first kappa shape index (κ1) is 22.5. The zero-order valence-corrected chi connectivity index (χ0v) is 18.2. The Bertz CT molecular complexity index is 856. The molecule has 3 N–H and O–H groups in total. The van der Waals surface area contributed by atoms with Crippen molar-refractivity contribution in [2.45, 2.75) is 50.6 Å². The first-order chi connectivity index (χ1) is 13.2. The largest absolute Gasteiger partial charge is 0.370 e. The average molecular weight is 444 g/mol. The van der Waals surface area contributed by atoms with Gasteiger partial charge >= 0.3 is 0 Å². The van der Waals surface area contributed by atoms with Crippen molar-refractivity contribution in [3.63, 3.8) is 0 Å². The van der Waals surface area contributed by atoms with Gasteiger partial charge < -0.3 is 15.6 Å². The van der Waals surface area contributed by atoms with E-state index in [1.807, 2.05) is 4.57 Å². The van der Waals surface area contributed by atoms with Crippen molar-refractivity contribution in [1.29, 1.82) is 0 Å². The first-order valence-electron chi connectivity index (χ1n) is 8.80. The highest BCUT2D eigenvalue weighted by Crippen LogP contribution is 2.28. The Morgan fingerprint density at radius 1 is 1.25 bits per heavy atom. The second-order valence-corrected chi connectivity index (χ2v) is 8.89. The second kappa shape index (κ2) is 10.1. The minimum absolute atomic E-state index is 0.199. The van der Waals surface area contributed by atoms with E-state index in [4.69, 9.17) is 28.9 Å². The number of halogens is 2. The standard InChI is InChI=1S/C18H23Cl2N5O2S/c1-10(2)9-25-16(7-6-15(21)26)23-24-18(25)28-11(3)17(27)22-14-8-12(19)4-5-13(14)20/h4-5,8,10-11H,6-7,9H2,1-3H3,(H2,21,26)(H,22,27)/t11-/m1/s1. The molecule has 0 radical (unpaired) electrons. The Labute approximate surface area is 178 Å². The molecule has 152 valence electrons. The Balaban J connectivity index is 2.13. The van der Waals surface area contributed by atoms with Crippen LogP contribution in [0, 0.1) is 5.92 Å². The Morgan fingerprint density at radius 3 is 2.61 bits per heavy atom. The van der Waals surface area contributed by atoms with Gasteiger partial charge in [0.2, 0.25) is 11.8 Å². The average Bonchev–Trinajstić information content (AvgIpc) is 2.97. The number of benzene rings is 1. The summed E-state index contributed by atoms with van der Waals surface area (Å²) in [5.41, 5.74) is 5.70. The molecule has 0 fully saturated rings. The lowest BCUT2D eigenvalue weighted by Crippen LogP contribution is -2.23. The number of rotatable bonds is 9. The summed E-state index contributed by atoms with van der Waals surface area (Å²) in [6, 6.07) is 4.88. The van der Waals surface area contributed by atoms with Crippen LogP contribution in [0.15, 0.2) is 23.4 Å². The Hall–Kier alpha value is -1.77. The molecule has 0 spiro atoms. The van der Waals surface area contributed by atoms with Crippen molar-refractivity contribution in [2.75, 3.05) is 5.32 Å². The monoisotopic (exact) mass is 443 g/mol. The molecule has 10 heteroatoms.